The normalized spacial score (nSPS) is 11.3. The number of alkyl halides is 3. The predicted molar refractivity (Wildman–Crippen MR) is 142 cm³/mol. The molecule has 202 valence electrons. The molecule has 0 fully saturated rings. The van der Waals surface area contributed by atoms with E-state index in [1.807, 2.05) is 6.07 Å². The number of carbonyl (C=O) groups excluding carboxylic acids is 1. The summed E-state index contributed by atoms with van der Waals surface area (Å²) in [4.78, 5) is 30.0. The summed E-state index contributed by atoms with van der Waals surface area (Å²) >= 11 is 0. The van der Waals surface area contributed by atoms with E-state index in [1.165, 1.54) is 35.2 Å². The first-order chi connectivity index (χ1) is 19.2. The zero-order valence-corrected chi connectivity index (χ0v) is 21.0. The number of aliphatic hydroxyl groups is 1. The Hall–Kier alpha value is -5.10. The Labute approximate surface area is 226 Å². The Morgan fingerprint density at radius 3 is 2.60 bits per heavy atom. The van der Waals surface area contributed by atoms with Crippen LogP contribution in [0.5, 0.6) is 0 Å². The largest absolute Gasteiger partial charge is 0.416 e. The van der Waals surface area contributed by atoms with Gasteiger partial charge in [-0.2, -0.15) is 13.2 Å². The molecular weight excluding hydrogens is 523 g/mol. The first-order valence-electron chi connectivity index (χ1n) is 12.0. The number of carbonyl (C=O) groups is 1. The highest BCUT2D eigenvalue weighted by molar-refractivity contribution is 6.05. The molecule has 1 amide bonds. The van der Waals surface area contributed by atoms with Crippen molar-refractivity contribution < 1.29 is 23.1 Å². The molecule has 0 aliphatic rings. The van der Waals surface area contributed by atoms with Crippen LogP contribution in [0, 0.1) is 6.92 Å². The summed E-state index contributed by atoms with van der Waals surface area (Å²) in [5.74, 6) is -0.434. The standard InChI is InChI=1S/C28H22F3N7O2/c1-17-14-38(16-34-17)23-11-21(28(29,30)31)10-22(12-23)35-26(40)18-4-5-20(15-39)25(9-18)37-27-33-8-6-24(36-27)19-3-2-7-32-13-19/h2-14,16,39H,15H2,1H3,(H,35,40)(H,33,36,37). The first kappa shape index (κ1) is 26.5. The molecule has 0 radical (unpaired) electrons. The molecule has 0 atom stereocenters. The SMILES string of the molecule is Cc1cn(-c2cc(NC(=O)c3ccc(CO)c(Nc4nccc(-c5cccnc5)n4)c3)cc(C(F)(F)F)c2)cn1. The molecule has 0 aliphatic heterocycles. The average molecular weight is 546 g/mol. The van der Waals surface area contributed by atoms with E-state index in [2.05, 4.69) is 30.6 Å². The predicted octanol–water partition coefficient (Wildman–Crippen LogP) is 5.54. The van der Waals surface area contributed by atoms with E-state index in [4.69, 9.17) is 0 Å². The Bertz CT molecular complexity index is 1670. The number of aromatic nitrogens is 5. The van der Waals surface area contributed by atoms with Crippen molar-refractivity contribution in [3.8, 4) is 16.9 Å². The lowest BCUT2D eigenvalue weighted by Gasteiger charge is -2.15. The van der Waals surface area contributed by atoms with E-state index < -0.39 is 17.6 Å². The van der Waals surface area contributed by atoms with Crippen LogP contribution in [0.15, 0.2) is 85.7 Å². The van der Waals surface area contributed by atoms with Gasteiger partial charge in [-0.15, -0.1) is 0 Å². The van der Waals surface area contributed by atoms with Crippen LogP contribution in [0.3, 0.4) is 0 Å². The molecule has 2 aromatic carbocycles. The maximum Gasteiger partial charge on any atom is 0.416 e. The lowest BCUT2D eigenvalue weighted by molar-refractivity contribution is -0.137. The third-order valence-corrected chi connectivity index (χ3v) is 5.91. The summed E-state index contributed by atoms with van der Waals surface area (Å²) in [6, 6.07) is 13.1. The van der Waals surface area contributed by atoms with E-state index >= 15 is 0 Å². The number of nitrogens with zero attached hydrogens (tertiary/aromatic N) is 5. The van der Waals surface area contributed by atoms with Gasteiger partial charge in [0.15, 0.2) is 0 Å². The molecular formula is C28H22F3N7O2. The highest BCUT2D eigenvalue weighted by atomic mass is 19.4. The Balaban J connectivity index is 1.43. The van der Waals surface area contributed by atoms with Gasteiger partial charge in [-0.3, -0.25) is 9.78 Å². The number of benzene rings is 2. The van der Waals surface area contributed by atoms with Crippen molar-refractivity contribution in [3.63, 3.8) is 0 Å². The zero-order valence-electron chi connectivity index (χ0n) is 21.0. The Morgan fingerprint density at radius 1 is 1.05 bits per heavy atom. The van der Waals surface area contributed by atoms with Crippen molar-refractivity contribution in [3.05, 3.63) is 108 Å². The van der Waals surface area contributed by atoms with Gasteiger partial charge in [-0.25, -0.2) is 15.0 Å². The number of amides is 1. The Kier molecular flexibility index (Phi) is 7.25. The van der Waals surface area contributed by atoms with Crippen molar-refractivity contribution in [2.24, 2.45) is 0 Å². The van der Waals surface area contributed by atoms with Crippen molar-refractivity contribution in [1.82, 2.24) is 24.5 Å². The number of aliphatic hydroxyl groups excluding tert-OH is 1. The molecule has 3 heterocycles. The number of imidazole rings is 1. The van der Waals surface area contributed by atoms with Gasteiger partial charge in [0.05, 0.1) is 29.9 Å². The minimum Gasteiger partial charge on any atom is -0.392 e. The summed E-state index contributed by atoms with van der Waals surface area (Å²) in [7, 11) is 0. The maximum atomic E-state index is 13.6. The molecule has 40 heavy (non-hydrogen) atoms. The minimum atomic E-state index is -4.63. The fourth-order valence-electron chi connectivity index (χ4n) is 3.95. The average Bonchev–Trinajstić information content (AvgIpc) is 3.39. The summed E-state index contributed by atoms with van der Waals surface area (Å²) in [6.07, 6.45) is 3.21. The van der Waals surface area contributed by atoms with Crippen molar-refractivity contribution >= 4 is 23.2 Å². The van der Waals surface area contributed by atoms with Crippen LogP contribution in [0.4, 0.5) is 30.5 Å². The maximum absolute atomic E-state index is 13.6. The molecule has 9 nitrogen and oxygen atoms in total. The van der Waals surface area contributed by atoms with Crippen LogP contribution >= 0.6 is 0 Å². The van der Waals surface area contributed by atoms with Crippen LogP contribution in [0.25, 0.3) is 16.9 Å². The lowest BCUT2D eigenvalue weighted by atomic mass is 10.1. The number of nitrogens with one attached hydrogen (secondary N) is 2. The van der Waals surface area contributed by atoms with Gasteiger partial charge in [0.2, 0.25) is 5.95 Å². The van der Waals surface area contributed by atoms with Crippen LogP contribution in [0.2, 0.25) is 0 Å². The fourth-order valence-corrected chi connectivity index (χ4v) is 3.95. The number of rotatable bonds is 7. The van der Waals surface area contributed by atoms with Gasteiger partial charge >= 0.3 is 6.18 Å². The smallest absolute Gasteiger partial charge is 0.392 e. The fraction of sp³-hybridized carbons (Fsp3) is 0.107. The molecule has 0 bridgehead atoms. The molecule has 12 heteroatoms. The molecule has 0 saturated heterocycles. The number of hydrogen-bond acceptors (Lipinski definition) is 7. The van der Waals surface area contributed by atoms with Gasteiger partial charge in [-0.05, 0) is 55.5 Å². The molecule has 0 aliphatic carbocycles. The highest BCUT2D eigenvalue weighted by Crippen LogP contribution is 2.33. The van der Waals surface area contributed by atoms with Crippen LogP contribution in [0.1, 0.15) is 27.2 Å². The molecule has 3 aromatic heterocycles. The van der Waals surface area contributed by atoms with Crippen molar-refractivity contribution in [2.75, 3.05) is 10.6 Å². The van der Waals surface area contributed by atoms with Crippen LogP contribution < -0.4 is 10.6 Å². The van der Waals surface area contributed by atoms with Crippen LogP contribution in [-0.4, -0.2) is 35.5 Å². The third-order valence-electron chi connectivity index (χ3n) is 5.91. The lowest BCUT2D eigenvalue weighted by Crippen LogP contribution is -2.15. The zero-order chi connectivity index (χ0) is 28.3. The molecule has 0 spiro atoms. The molecule has 5 aromatic rings. The van der Waals surface area contributed by atoms with E-state index in [-0.39, 0.29) is 29.5 Å². The van der Waals surface area contributed by atoms with Gasteiger partial charge in [-0.1, -0.05) is 6.07 Å². The summed E-state index contributed by atoms with van der Waals surface area (Å²) in [5.41, 5.74) is 2.19. The second-order valence-electron chi connectivity index (χ2n) is 8.80. The summed E-state index contributed by atoms with van der Waals surface area (Å²) in [5, 5.41) is 15.4. The van der Waals surface area contributed by atoms with Crippen molar-refractivity contribution in [1.29, 1.82) is 0 Å². The quantitative estimate of drug-likeness (QED) is 0.246. The van der Waals surface area contributed by atoms with E-state index in [9.17, 15) is 23.1 Å². The highest BCUT2D eigenvalue weighted by Gasteiger charge is 2.31. The molecule has 3 N–H and O–H groups in total. The second kappa shape index (κ2) is 10.9. The first-order valence-corrected chi connectivity index (χ1v) is 12.0. The minimum absolute atomic E-state index is 0.0468. The Morgan fingerprint density at radius 2 is 1.90 bits per heavy atom. The number of pyridine rings is 1. The third kappa shape index (κ3) is 5.97. The molecule has 0 unspecified atom stereocenters. The number of anilines is 3. The van der Waals surface area contributed by atoms with Gasteiger partial charge < -0.3 is 20.3 Å². The second-order valence-corrected chi connectivity index (χ2v) is 8.80. The van der Waals surface area contributed by atoms with Gasteiger partial charge in [0, 0.05) is 58.5 Å². The van der Waals surface area contributed by atoms with E-state index in [0.29, 0.717) is 22.6 Å². The van der Waals surface area contributed by atoms with E-state index in [0.717, 1.165) is 17.7 Å². The summed E-state index contributed by atoms with van der Waals surface area (Å²) in [6.45, 7) is 1.38. The van der Waals surface area contributed by atoms with Crippen LogP contribution in [-0.2, 0) is 12.8 Å². The number of hydrogen-bond donors (Lipinski definition) is 3. The van der Waals surface area contributed by atoms with Crippen molar-refractivity contribution in [2.45, 2.75) is 19.7 Å². The summed E-state index contributed by atoms with van der Waals surface area (Å²) < 4.78 is 42.3. The molecule has 5 rings (SSSR count). The topological polar surface area (TPSA) is 118 Å². The van der Waals surface area contributed by atoms with Gasteiger partial charge in [0.25, 0.3) is 5.91 Å². The monoisotopic (exact) mass is 545 g/mol. The van der Waals surface area contributed by atoms with E-state index in [1.54, 1.807) is 43.8 Å². The number of halogens is 3. The van der Waals surface area contributed by atoms with Gasteiger partial charge in [0.1, 0.15) is 0 Å². The molecule has 0 saturated carbocycles. The number of aryl methyl sites for hydroxylation is 1.